The van der Waals surface area contributed by atoms with Crippen LogP contribution in [0.15, 0.2) is 71.7 Å². The number of carbonyl (C=O) groups is 1. The number of hydrogen-bond donors (Lipinski definition) is 0. The summed E-state index contributed by atoms with van der Waals surface area (Å²) in [7, 11) is 1.55. The van der Waals surface area contributed by atoms with E-state index in [0.717, 1.165) is 23.8 Å². The summed E-state index contributed by atoms with van der Waals surface area (Å²) in [5.74, 6) is -0.175. The Kier molecular flexibility index (Phi) is 6.31. The molecule has 0 atom stereocenters. The third kappa shape index (κ3) is 5.26. The summed E-state index contributed by atoms with van der Waals surface area (Å²) in [4.78, 5) is 37.0. The molecule has 31 heavy (non-hydrogen) atoms. The largest absolute Gasteiger partial charge is 0.494 e. The van der Waals surface area contributed by atoms with Crippen molar-refractivity contribution in [3.8, 4) is 11.5 Å². The zero-order valence-electron chi connectivity index (χ0n) is 16.1. The highest BCUT2D eigenvalue weighted by molar-refractivity contribution is 5.92. The fourth-order valence-electron chi connectivity index (χ4n) is 2.59. The fraction of sp³-hybridized carbons (Fsp3) is 0.0476. The molecular weight excluding hydrogens is 406 g/mol. The third-order valence-corrected chi connectivity index (χ3v) is 4.09. The second kappa shape index (κ2) is 9.27. The lowest BCUT2D eigenvalue weighted by molar-refractivity contribution is -0.394. The van der Waals surface area contributed by atoms with E-state index < -0.39 is 27.2 Å². The van der Waals surface area contributed by atoms with Gasteiger partial charge in [0.2, 0.25) is 0 Å². The smallest absolute Gasteiger partial charge is 0.344 e. The maximum absolute atomic E-state index is 12.3. The van der Waals surface area contributed by atoms with Gasteiger partial charge in [0.1, 0.15) is 17.2 Å². The number of non-ortho nitro benzene ring substituents is 2. The second-order valence-electron chi connectivity index (χ2n) is 6.14. The summed E-state index contributed by atoms with van der Waals surface area (Å²) in [6.07, 6.45) is 1.60. The molecule has 0 bridgehead atoms. The van der Waals surface area contributed by atoms with Gasteiger partial charge in [-0.3, -0.25) is 25.2 Å². The van der Waals surface area contributed by atoms with Crippen LogP contribution in [0.1, 0.15) is 15.9 Å². The van der Waals surface area contributed by atoms with Crippen molar-refractivity contribution in [1.29, 1.82) is 0 Å². The number of esters is 1. The second-order valence-corrected chi connectivity index (χ2v) is 6.14. The van der Waals surface area contributed by atoms with Crippen LogP contribution >= 0.6 is 0 Å². The predicted molar refractivity (Wildman–Crippen MR) is 111 cm³/mol. The van der Waals surface area contributed by atoms with Gasteiger partial charge in [0.25, 0.3) is 11.4 Å². The molecule has 0 unspecified atom stereocenters. The Hall–Kier alpha value is -4.60. The Labute approximate surface area is 175 Å². The summed E-state index contributed by atoms with van der Waals surface area (Å²) in [6.45, 7) is 0. The molecule has 0 saturated heterocycles. The van der Waals surface area contributed by atoms with E-state index in [1.807, 2.05) is 12.1 Å². The van der Waals surface area contributed by atoms with Crippen molar-refractivity contribution < 1.29 is 24.1 Å². The molecule has 3 rings (SSSR count). The normalized spacial score (nSPS) is 10.6. The van der Waals surface area contributed by atoms with Crippen molar-refractivity contribution in [2.24, 2.45) is 4.99 Å². The Bertz CT molecular complexity index is 1140. The summed E-state index contributed by atoms with van der Waals surface area (Å²) < 4.78 is 10.4. The molecule has 0 aliphatic heterocycles. The van der Waals surface area contributed by atoms with Gasteiger partial charge in [0.15, 0.2) is 0 Å². The van der Waals surface area contributed by atoms with Crippen molar-refractivity contribution in [3.63, 3.8) is 0 Å². The minimum atomic E-state index is -0.956. The topological polar surface area (TPSA) is 134 Å². The van der Waals surface area contributed by atoms with Crippen LogP contribution in [0.25, 0.3) is 0 Å². The van der Waals surface area contributed by atoms with E-state index in [4.69, 9.17) is 9.47 Å². The number of para-hydroxylation sites is 2. The molecule has 10 nitrogen and oxygen atoms in total. The first-order chi connectivity index (χ1) is 14.9. The van der Waals surface area contributed by atoms with Crippen LogP contribution < -0.4 is 9.47 Å². The van der Waals surface area contributed by atoms with E-state index in [1.54, 1.807) is 37.6 Å². The molecule has 0 N–H and O–H groups in total. The summed E-state index contributed by atoms with van der Waals surface area (Å²) in [5, 5.41) is 21.9. The van der Waals surface area contributed by atoms with Crippen molar-refractivity contribution >= 4 is 29.2 Å². The average molecular weight is 421 g/mol. The van der Waals surface area contributed by atoms with Gasteiger partial charge in [-0.25, -0.2) is 4.79 Å². The number of aliphatic imine (C=N–C) groups is 1. The molecule has 0 aromatic heterocycles. The molecular formula is C21H15N3O7. The first kappa shape index (κ1) is 21.1. The molecule has 0 saturated carbocycles. The van der Waals surface area contributed by atoms with Crippen LogP contribution in [0.3, 0.4) is 0 Å². The summed E-state index contributed by atoms with van der Waals surface area (Å²) >= 11 is 0. The highest BCUT2D eigenvalue weighted by Crippen LogP contribution is 2.26. The predicted octanol–water partition coefficient (Wildman–Crippen LogP) is 4.48. The van der Waals surface area contributed by atoms with Gasteiger partial charge in [-0.05, 0) is 42.0 Å². The molecule has 0 heterocycles. The van der Waals surface area contributed by atoms with E-state index >= 15 is 0 Å². The van der Waals surface area contributed by atoms with Crippen molar-refractivity contribution in [2.45, 2.75) is 0 Å². The van der Waals surface area contributed by atoms with Crippen LogP contribution in [0.2, 0.25) is 0 Å². The van der Waals surface area contributed by atoms with E-state index in [1.165, 1.54) is 12.1 Å². The van der Waals surface area contributed by atoms with Gasteiger partial charge in [0.05, 0.1) is 28.6 Å². The number of hydrogen-bond acceptors (Lipinski definition) is 8. The number of rotatable bonds is 7. The minimum absolute atomic E-state index is 0.161. The molecule has 0 aliphatic rings. The van der Waals surface area contributed by atoms with E-state index in [0.29, 0.717) is 11.4 Å². The highest BCUT2D eigenvalue weighted by atomic mass is 16.6. The number of nitrogens with zero attached hydrogens (tertiary/aromatic N) is 3. The molecule has 10 heteroatoms. The maximum Gasteiger partial charge on any atom is 0.344 e. The number of carbonyl (C=O) groups excluding carboxylic acids is 1. The number of methoxy groups -OCH3 is 1. The standard InChI is InChI=1S/C21H15N3O7/c1-30-20-5-3-2-4-19(20)22-13-14-6-8-18(9-7-14)31-21(25)15-10-16(23(26)27)12-17(11-15)24(28)29/h2-13H,1H3. The molecule has 0 radical (unpaired) electrons. The van der Waals surface area contributed by atoms with Crippen LogP contribution in [-0.2, 0) is 0 Å². The van der Waals surface area contributed by atoms with Gasteiger partial charge in [-0.2, -0.15) is 0 Å². The zero-order chi connectivity index (χ0) is 22.4. The van der Waals surface area contributed by atoms with Crippen molar-refractivity contribution in [2.75, 3.05) is 7.11 Å². The number of nitro benzene ring substituents is 2. The van der Waals surface area contributed by atoms with Gasteiger partial charge in [0, 0.05) is 18.3 Å². The Morgan fingerprint density at radius 3 is 2.13 bits per heavy atom. The third-order valence-electron chi connectivity index (χ3n) is 4.09. The number of ether oxygens (including phenoxy) is 2. The molecule has 0 amide bonds. The molecule has 0 aliphatic carbocycles. The van der Waals surface area contributed by atoms with Gasteiger partial charge >= 0.3 is 5.97 Å². The summed E-state index contributed by atoms with van der Waals surface area (Å²) in [6, 6.07) is 16.2. The van der Waals surface area contributed by atoms with Crippen LogP contribution in [0, 0.1) is 20.2 Å². The SMILES string of the molecule is COc1ccccc1N=Cc1ccc(OC(=O)c2cc([N+](=O)[O-])cc([N+](=O)[O-])c2)cc1. The lowest BCUT2D eigenvalue weighted by atomic mass is 10.1. The monoisotopic (exact) mass is 421 g/mol. The van der Waals surface area contributed by atoms with Gasteiger partial charge in [-0.15, -0.1) is 0 Å². The van der Waals surface area contributed by atoms with E-state index in [-0.39, 0.29) is 11.3 Å². The summed E-state index contributed by atoms with van der Waals surface area (Å²) in [5.41, 5.74) is -0.0970. The molecule has 3 aromatic rings. The molecule has 0 spiro atoms. The molecule has 156 valence electrons. The zero-order valence-corrected chi connectivity index (χ0v) is 16.1. The Morgan fingerprint density at radius 1 is 0.935 bits per heavy atom. The molecule has 0 fully saturated rings. The lowest BCUT2D eigenvalue weighted by Crippen LogP contribution is -2.09. The molecule has 3 aromatic carbocycles. The van der Waals surface area contributed by atoms with E-state index in [9.17, 15) is 25.0 Å². The average Bonchev–Trinajstić information content (AvgIpc) is 2.78. The lowest BCUT2D eigenvalue weighted by Gasteiger charge is -2.05. The van der Waals surface area contributed by atoms with Gasteiger partial charge in [-0.1, -0.05) is 12.1 Å². The Morgan fingerprint density at radius 2 is 1.55 bits per heavy atom. The van der Waals surface area contributed by atoms with Crippen LogP contribution in [0.5, 0.6) is 11.5 Å². The maximum atomic E-state index is 12.3. The van der Waals surface area contributed by atoms with Crippen molar-refractivity contribution in [3.05, 3.63) is 98.1 Å². The van der Waals surface area contributed by atoms with Crippen molar-refractivity contribution in [1.82, 2.24) is 0 Å². The van der Waals surface area contributed by atoms with Crippen LogP contribution in [0.4, 0.5) is 17.1 Å². The number of nitro groups is 2. The quantitative estimate of drug-likeness (QED) is 0.180. The number of benzene rings is 3. The minimum Gasteiger partial charge on any atom is -0.494 e. The van der Waals surface area contributed by atoms with Gasteiger partial charge < -0.3 is 9.47 Å². The fourth-order valence-corrected chi connectivity index (χ4v) is 2.59. The Balaban J connectivity index is 1.75. The first-order valence-corrected chi connectivity index (χ1v) is 8.80. The highest BCUT2D eigenvalue weighted by Gasteiger charge is 2.21. The van der Waals surface area contributed by atoms with E-state index in [2.05, 4.69) is 4.99 Å². The van der Waals surface area contributed by atoms with Crippen LogP contribution in [-0.4, -0.2) is 29.1 Å². The first-order valence-electron chi connectivity index (χ1n) is 8.80.